The zero-order valence-electron chi connectivity index (χ0n) is 14.1. The summed E-state index contributed by atoms with van der Waals surface area (Å²) in [6, 6.07) is 19.2. The first-order valence-electron chi connectivity index (χ1n) is 8.28. The normalized spacial score (nSPS) is 12.1. The summed E-state index contributed by atoms with van der Waals surface area (Å²) >= 11 is 0. The number of hydrogen-bond acceptors (Lipinski definition) is 3. The Kier molecular flexibility index (Phi) is 4.85. The predicted molar refractivity (Wildman–Crippen MR) is 105 cm³/mol. The van der Waals surface area contributed by atoms with E-state index in [-0.39, 0.29) is 25.6 Å². The van der Waals surface area contributed by atoms with Crippen LogP contribution in [0.25, 0.3) is 33.0 Å². The van der Waals surface area contributed by atoms with E-state index >= 15 is 0 Å². The first-order valence-corrected chi connectivity index (χ1v) is 8.28. The van der Waals surface area contributed by atoms with Crippen LogP contribution in [0.4, 0.5) is 0 Å². The summed E-state index contributed by atoms with van der Waals surface area (Å²) in [5.74, 6) is 0. The van der Waals surface area contributed by atoms with Crippen molar-refractivity contribution in [2.24, 2.45) is 0 Å². The number of fused-ring (bicyclic) bond motifs is 3. The topological polar surface area (TPSA) is 52.5 Å². The first-order chi connectivity index (χ1) is 11.7. The summed E-state index contributed by atoms with van der Waals surface area (Å²) in [5.41, 5.74) is 5.58. The molecule has 0 radical (unpaired) electrons. The van der Waals surface area contributed by atoms with E-state index in [1.807, 2.05) is 6.92 Å². The van der Waals surface area contributed by atoms with Crippen LogP contribution in [0.3, 0.4) is 0 Å². The zero-order valence-corrected chi connectivity index (χ0v) is 14.9. The lowest BCUT2D eigenvalue weighted by Crippen LogP contribution is -2.48. The van der Waals surface area contributed by atoms with Crippen LogP contribution in [-0.2, 0) is 6.54 Å². The number of hydrogen-bond donors (Lipinski definition) is 3. The van der Waals surface area contributed by atoms with E-state index in [1.54, 1.807) is 0 Å². The third-order valence-electron chi connectivity index (χ3n) is 5.02. The molecule has 4 heteroatoms. The van der Waals surface area contributed by atoms with Crippen molar-refractivity contribution in [2.75, 3.05) is 13.2 Å². The van der Waals surface area contributed by atoms with Gasteiger partial charge in [-0.25, -0.2) is 0 Å². The van der Waals surface area contributed by atoms with Gasteiger partial charge in [0.1, 0.15) is 0 Å². The lowest BCUT2D eigenvalue weighted by Gasteiger charge is -2.27. The van der Waals surface area contributed by atoms with Crippen molar-refractivity contribution in [3.63, 3.8) is 0 Å². The highest BCUT2D eigenvalue weighted by Gasteiger charge is 2.25. The Labute approximate surface area is 153 Å². The molecule has 0 aromatic heterocycles. The van der Waals surface area contributed by atoms with E-state index in [1.165, 1.54) is 38.6 Å². The molecule has 0 atom stereocenters. The SMILES string of the molecule is CC(CO)(CO)NCc1cccc2c1-c1cccc3cccc-2c13.Cl. The van der Waals surface area contributed by atoms with Gasteiger partial charge in [-0.1, -0.05) is 54.6 Å². The maximum Gasteiger partial charge on any atom is 0.0633 e. The van der Waals surface area contributed by atoms with Crippen molar-refractivity contribution in [3.8, 4) is 22.3 Å². The summed E-state index contributed by atoms with van der Waals surface area (Å²) in [7, 11) is 0. The number of rotatable bonds is 5. The van der Waals surface area contributed by atoms with E-state index in [0.717, 1.165) is 0 Å². The molecule has 1 aliphatic rings. The fourth-order valence-corrected chi connectivity index (χ4v) is 3.53. The van der Waals surface area contributed by atoms with Crippen LogP contribution in [0.2, 0.25) is 0 Å². The number of halogens is 1. The standard InChI is InChI=1S/C21H21NO2.ClH/c1-21(12-23,13-24)22-11-15-7-4-9-17-16-8-2-5-14-6-3-10-18(19(14)16)20(15)17;/h2-10,22-24H,11-13H2,1H3;1H. The second-order valence-corrected chi connectivity index (χ2v) is 6.78. The highest BCUT2D eigenvalue weighted by molar-refractivity contribution is 6.15. The largest absolute Gasteiger partial charge is 0.394 e. The van der Waals surface area contributed by atoms with E-state index in [4.69, 9.17) is 0 Å². The van der Waals surface area contributed by atoms with Crippen molar-refractivity contribution in [1.29, 1.82) is 0 Å². The highest BCUT2D eigenvalue weighted by atomic mass is 35.5. The fourth-order valence-electron chi connectivity index (χ4n) is 3.53. The van der Waals surface area contributed by atoms with Crippen molar-refractivity contribution < 1.29 is 10.2 Å². The molecular weight excluding hydrogens is 334 g/mol. The molecule has 0 aliphatic heterocycles. The van der Waals surface area contributed by atoms with Crippen LogP contribution in [0.5, 0.6) is 0 Å². The van der Waals surface area contributed by atoms with E-state index < -0.39 is 5.54 Å². The molecule has 0 bridgehead atoms. The van der Waals surface area contributed by atoms with E-state index in [2.05, 4.69) is 59.9 Å². The van der Waals surface area contributed by atoms with Gasteiger partial charge in [-0.15, -0.1) is 12.4 Å². The van der Waals surface area contributed by atoms with Crippen molar-refractivity contribution in [1.82, 2.24) is 5.32 Å². The number of aliphatic hydroxyl groups excluding tert-OH is 2. The molecule has 130 valence electrons. The Morgan fingerprint density at radius 2 is 1.44 bits per heavy atom. The minimum absolute atomic E-state index is 0. The Hall–Kier alpha value is -1.91. The Balaban J connectivity index is 0.00000182. The Morgan fingerprint density at radius 1 is 0.840 bits per heavy atom. The van der Waals surface area contributed by atoms with Crippen LogP contribution in [-0.4, -0.2) is 29.0 Å². The van der Waals surface area contributed by atoms with Crippen molar-refractivity contribution >= 4 is 23.2 Å². The third kappa shape index (κ3) is 2.83. The molecule has 0 spiro atoms. The van der Waals surface area contributed by atoms with Gasteiger partial charge in [-0.05, 0) is 45.5 Å². The molecule has 4 rings (SSSR count). The molecular formula is C21H22ClNO2. The molecule has 0 unspecified atom stereocenters. The van der Waals surface area contributed by atoms with Crippen LogP contribution >= 0.6 is 12.4 Å². The van der Waals surface area contributed by atoms with Gasteiger partial charge in [0.25, 0.3) is 0 Å². The zero-order chi connectivity index (χ0) is 16.7. The molecule has 3 aromatic carbocycles. The van der Waals surface area contributed by atoms with Crippen molar-refractivity contribution in [3.05, 3.63) is 60.2 Å². The van der Waals surface area contributed by atoms with Crippen LogP contribution < -0.4 is 5.32 Å². The molecule has 3 aromatic rings. The summed E-state index contributed by atoms with van der Waals surface area (Å²) < 4.78 is 0. The Bertz CT molecular complexity index is 914. The minimum atomic E-state index is -0.680. The maximum absolute atomic E-state index is 9.50. The summed E-state index contributed by atoms with van der Waals surface area (Å²) in [5, 5.41) is 24.9. The quantitative estimate of drug-likeness (QED) is 0.511. The molecule has 0 saturated carbocycles. The molecule has 0 saturated heterocycles. The predicted octanol–water partition coefficient (Wildman–Crippen LogP) is 3.74. The van der Waals surface area contributed by atoms with Gasteiger partial charge in [0, 0.05) is 6.54 Å². The number of aliphatic hydroxyl groups is 2. The first kappa shape index (κ1) is 17.9. The molecule has 3 nitrogen and oxygen atoms in total. The monoisotopic (exact) mass is 355 g/mol. The van der Waals surface area contributed by atoms with E-state index in [9.17, 15) is 10.2 Å². The lowest BCUT2D eigenvalue weighted by atomic mass is 9.97. The van der Waals surface area contributed by atoms with Gasteiger partial charge >= 0.3 is 0 Å². The summed E-state index contributed by atoms with van der Waals surface area (Å²) in [4.78, 5) is 0. The van der Waals surface area contributed by atoms with Gasteiger partial charge in [-0.3, -0.25) is 0 Å². The second kappa shape index (κ2) is 6.77. The molecule has 0 amide bonds. The lowest BCUT2D eigenvalue weighted by molar-refractivity contribution is 0.103. The van der Waals surface area contributed by atoms with Gasteiger partial charge in [-0.2, -0.15) is 0 Å². The second-order valence-electron chi connectivity index (χ2n) is 6.78. The third-order valence-corrected chi connectivity index (χ3v) is 5.02. The molecule has 0 fully saturated rings. The van der Waals surface area contributed by atoms with Crippen molar-refractivity contribution in [2.45, 2.75) is 19.0 Å². The van der Waals surface area contributed by atoms with Gasteiger partial charge in [0.05, 0.1) is 18.8 Å². The minimum Gasteiger partial charge on any atom is -0.394 e. The molecule has 3 N–H and O–H groups in total. The van der Waals surface area contributed by atoms with Gasteiger partial charge in [0.2, 0.25) is 0 Å². The number of nitrogens with one attached hydrogen (secondary N) is 1. The van der Waals surface area contributed by atoms with E-state index in [0.29, 0.717) is 6.54 Å². The molecule has 1 aliphatic carbocycles. The molecule has 0 heterocycles. The average Bonchev–Trinajstić information content (AvgIpc) is 2.97. The number of benzene rings is 3. The van der Waals surface area contributed by atoms with Crippen LogP contribution in [0.1, 0.15) is 12.5 Å². The highest BCUT2D eigenvalue weighted by Crippen LogP contribution is 2.48. The molecule has 25 heavy (non-hydrogen) atoms. The van der Waals surface area contributed by atoms with Crippen LogP contribution in [0, 0.1) is 0 Å². The maximum atomic E-state index is 9.50. The Morgan fingerprint density at radius 3 is 2.12 bits per heavy atom. The smallest absolute Gasteiger partial charge is 0.0633 e. The van der Waals surface area contributed by atoms with Crippen LogP contribution in [0.15, 0.2) is 54.6 Å². The summed E-state index contributed by atoms with van der Waals surface area (Å²) in [6.07, 6.45) is 0. The summed E-state index contributed by atoms with van der Waals surface area (Å²) in [6.45, 7) is 2.22. The van der Waals surface area contributed by atoms with Gasteiger partial charge in [0.15, 0.2) is 0 Å². The van der Waals surface area contributed by atoms with Gasteiger partial charge < -0.3 is 15.5 Å². The average molecular weight is 356 g/mol. The fraction of sp³-hybridized carbons (Fsp3) is 0.238.